The zero-order valence-corrected chi connectivity index (χ0v) is 14.8. The van der Waals surface area contributed by atoms with Gasteiger partial charge in [-0.1, -0.05) is 0 Å². The average Bonchev–Trinajstić information content (AvgIpc) is 3.01. The third-order valence-electron chi connectivity index (χ3n) is 4.72. The maximum atomic E-state index is 12.6. The Kier molecular flexibility index (Phi) is 4.33. The van der Waals surface area contributed by atoms with Crippen molar-refractivity contribution in [2.24, 2.45) is 4.99 Å². The van der Waals surface area contributed by atoms with Crippen LogP contribution in [0.4, 0.5) is 0 Å². The number of aromatic nitrogens is 2. The highest BCUT2D eigenvalue weighted by Crippen LogP contribution is 2.21. The van der Waals surface area contributed by atoms with Crippen molar-refractivity contribution in [3.05, 3.63) is 49.3 Å². The van der Waals surface area contributed by atoms with E-state index in [1.807, 2.05) is 11.3 Å². The van der Waals surface area contributed by atoms with E-state index in [2.05, 4.69) is 33.9 Å². The van der Waals surface area contributed by atoms with E-state index in [9.17, 15) is 4.79 Å². The Bertz CT molecular complexity index is 836. The van der Waals surface area contributed by atoms with Gasteiger partial charge in [-0.15, -0.1) is 11.3 Å². The molecule has 126 valence electrons. The zero-order valence-electron chi connectivity index (χ0n) is 14.0. The lowest BCUT2D eigenvalue weighted by molar-refractivity contribution is 0.244. The third kappa shape index (κ3) is 3.21. The van der Waals surface area contributed by atoms with E-state index in [1.54, 1.807) is 0 Å². The summed E-state index contributed by atoms with van der Waals surface area (Å²) in [6.07, 6.45) is 4.03. The molecule has 0 saturated carbocycles. The number of thiophene rings is 1. The summed E-state index contributed by atoms with van der Waals surface area (Å²) in [7, 11) is 0. The van der Waals surface area contributed by atoms with Crippen LogP contribution in [0.3, 0.4) is 0 Å². The van der Waals surface area contributed by atoms with E-state index in [0.717, 1.165) is 62.3 Å². The van der Waals surface area contributed by atoms with Gasteiger partial charge in [-0.05, 0) is 38.3 Å². The molecule has 5 nitrogen and oxygen atoms in total. The molecule has 0 aromatic carbocycles. The minimum Gasteiger partial charge on any atom is -0.305 e. The standard InChI is InChI=1S/C18H22N4OS/c1-12-5-6-13(24-12)10-22-9-7-15-14(11-22)18(23)21-17(20-15)16-4-2-3-8-19-16/h5-6H,2-4,7-11H2,1H3,(H,20,21,23). The number of aryl methyl sites for hydroxylation is 1. The molecular weight excluding hydrogens is 320 g/mol. The van der Waals surface area contributed by atoms with Gasteiger partial charge in [-0.2, -0.15) is 0 Å². The molecule has 4 heterocycles. The van der Waals surface area contributed by atoms with Crippen LogP contribution < -0.4 is 5.56 Å². The monoisotopic (exact) mass is 342 g/mol. The quantitative estimate of drug-likeness (QED) is 0.933. The number of nitrogens with zero attached hydrogens (tertiary/aromatic N) is 3. The number of hydrogen-bond donors (Lipinski definition) is 1. The molecule has 0 amide bonds. The minimum absolute atomic E-state index is 0.00957. The number of aromatic amines is 1. The number of hydrogen-bond acceptors (Lipinski definition) is 5. The molecule has 0 spiro atoms. The van der Waals surface area contributed by atoms with Gasteiger partial charge < -0.3 is 4.98 Å². The molecule has 0 radical (unpaired) electrons. The molecule has 0 atom stereocenters. The Morgan fingerprint density at radius 2 is 2.21 bits per heavy atom. The predicted molar refractivity (Wildman–Crippen MR) is 97.0 cm³/mol. The highest BCUT2D eigenvalue weighted by atomic mass is 32.1. The molecular formula is C18H22N4OS. The molecule has 0 aliphatic carbocycles. The fourth-order valence-electron chi connectivity index (χ4n) is 3.43. The molecule has 0 bridgehead atoms. The van der Waals surface area contributed by atoms with Gasteiger partial charge in [0.1, 0.15) is 0 Å². The zero-order chi connectivity index (χ0) is 16.5. The highest BCUT2D eigenvalue weighted by molar-refractivity contribution is 7.11. The molecule has 2 aliphatic heterocycles. The van der Waals surface area contributed by atoms with E-state index in [1.165, 1.54) is 9.75 Å². The molecule has 24 heavy (non-hydrogen) atoms. The summed E-state index contributed by atoms with van der Waals surface area (Å²) in [5.41, 5.74) is 2.77. The van der Waals surface area contributed by atoms with E-state index in [4.69, 9.17) is 4.98 Å². The van der Waals surface area contributed by atoms with E-state index in [0.29, 0.717) is 12.4 Å². The smallest absolute Gasteiger partial charge is 0.255 e. The van der Waals surface area contributed by atoms with Gasteiger partial charge in [-0.25, -0.2) is 4.98 Å². The number of aliphatic imine (C=N–C) groups is 1. The maximum absolute atomic E-state index is 12.6. The Labute approximate surface area is 145 Å². The van der Waals surface area contributed by atoms with Crippen LogP contribution in [0.15, 0.2) is 21.9 Å². The molecule has 0 saturated heterocycles. The first-order chi connectivity index (χ1) is 11.7. The lowest BCUT2D eigenvalue weighted by atomic mass is 10.1. The molecule has 2 aromatic heterocycles. The lowest BCUT2D eigenvalue weighted by Gasteiger charge is -2.27. The lowest BCUT2D eigenvalue weighted by Crippen LogP contribution is -2.36. The van der Waals surface area contributed by atoms with Crippen LogP contribution in [0.25, 0.3) is 0 Å². The molecule has 2 aliphatic rings. The SMILES string of the molecule is Cc1ccc(CN2CCc3nc(C4=NCCCC4)[nH]c(=O)c3C2)s1. The van der Waals surface area contributed by atoms with E-state index < -0.39 is 0 Å². The van der Waals surface area contributed by atoms with Crippen LogP contribution >= 0.6 is 11.3 Å². The number of H-pyrrole nitrogens is 1. The predicted octanol–water partition coefficient (Wildman–Crippen LogP) is 2.67. The third-order valence-corrected chi connectivity index (χ3v) is 5.71. The van der Waals surface area contributed by atoms with Crippen molar-refractivity contribution in [2.45, 2.75) is 45.7 Å². The first-order valence-electron chi connectivity index (χ1n) is 8.62. The fraction of sp³-hybridized carbons (Fsp3) is 0.500. The Balaban J connectivity index is 1.56. The summed E-state index contributed by atoms with van der Waals surface area (Å²) in [6.45, 7) is 5.52. The van der Waals surface area contributed by atoms with Gasteiger partial charge in [0.05, 0.1) is 17.0 Å². The highest BCUT2D eigenvalue weighted by Gasteiger charge is 2.23. The Hall–Kier alpha value is -1.79. The molecule has 2 aromatic rings. The number of fused-ring (bicyclic) bond motifs is 1. The normalized spacial score (nSPS) is 18.3. The first kappa shape index (κ1) is 15.7. The second-order valence-corrected chi connectivity index (χ2v) is 7.97. The van der Waals surface area contributed by atoms with Crippen LogP contribution in [-0.2, 0) is 19.5 Å². The number of nitrogens with one attached hydrogen (secondary N) is 1. The van der Waals surface area contributed by atoms with Gasteiger partial charge >= 0.3 is 0 Å². The molecule has 0 fully saturated rings. The Morgan fingerprint density at radius 3 is 2.96 bits per heavy atom. The van der Waals surface area contributed by atoms with Crippen molar-refractivity contribution in [3.8, 4) is 0 Å². The first-order valence-corrected chi connectivity index (χ1v) is 9.44. The average molecular weight is 342 g/mol. The van der Waals surface area contributed by atoms with Crippen LogP contribution in [0.2, 0.25) is 0 Å². The summed E-state index contributed by atoms with van der Waals surface area (Å²) in [5, 5.41) is 0. The van der Waals surface area contributed by atoms with E-state index >= 15 is 0 Å². The summed E-state index contributed by atoms with van der Waals surface area (Å²) in [4.78, 5) is 29.8. The van der Waals surface area contributed by atoms with Gasteiger partial charge in [0.15, 0.2) is 5.82 Å². The molecule has 0 unspecified atom stereocenters. The molecule has 4 rings (SSSR count). The fourth-order valence-corrected chi connectivity index (χ4v) is 4.37. The second-order valence-electron chi connectivity index (χ2n) is 6.60. The van der Waals surface area contributed by atoms with Crippen molar-refractivity contribution in [1.82, 2.24) is 14.9 Å². The molecule has 1 N–H and O–H groups in total. The van der Waals surface area contributed by atoms with Crippen molar-refractivity contribution in [2.75, 3.05) is 13.1 Å². The summed E-state index contributed by atoms with van der Waals surface area (Å²) >= 11 is 1.83. The van der Waals surface area contributed by atoms with Crippen molar-refractivity contribution < 1.29 is 0 Å². The number of rotatable bonds is 3. The van der Waals surface area contributed by atoms with Crippen LogP contribution in [0.5, 0.6) is 0 Å². The van der Waals surface area contributed by atoms with Crippen LogP contribution in [0, 0.1) is 6.92 Å². The Morgan fingerprint density at radius 1 is 1.29 bits per heavy atom. The molecule has 6 heteroatoms. The summed E-state index contributed by atoms with van der Waals surface area (Å²) in [6, 6.07) is 4.34. The van der Waals surface area contributed by atoms with Crippen LogP contribution in [-0.4, -0.2) is 33.7 Å². The van der Waals surface area contributed by atoms with Crippen LogP contribution in [0.1, 0.15) is 46.1 Å². The largest absolute Gasteiger partial charge is 0.305 e. The van der Waals surface area contributed by atoms with Crippen molar-refractivity contribution >= 4 is 17.0 Å². The summed E-state index contributed by atoms with van der Waals surface area (Å²) in [5.74, 6) is 0.695. The summed E-state index contributed by atoms with van der Waals surface area (Å²) < 4.78 is 0. The van der Waals surface area contributed by atoms with Gasteiger partial charge in [-0.3, -0.25) is 14.7 Å². The van der Waals surface area contributed by atoms with Gasteiger partial charge in [0.2, 0.25) is 0 Å². The van der Waals surface area contributed by atoms with Crippen molar-refractivity contribution in [1.29, 1.82) is 0 Å². The topological polar surface area (TPSA) is 61.4 Å². The van der Waals surface area contributed by atoms with Gasteiger partial charge in [0, 0.05) is 42.4 Å². The van der Waals surface area contributed by atoms with Gasteiger partial charge in [0.25, 0.3) is 5.56 Å². The van der Waals surface area contributed by atoms with Crippen molar-refractivity contribution in [3.63, 3.8) is 0 Å². The maximum Gasteiger partial charge on any atom is 0.255 e. The second kappa shape index (κ2) is 6.61. The minimum atomic E-state index is 0.00957. The van der Waals surface area contributed by atoms with E-state index in [-0.39, 0.29) is 5.56 Å².